The first-order chi connectivity index (χ1) is 12.1. The molecule has 0 saturated carbocycles. The van der Waals surface area contributed by atoms with Crippen LogP contribution in [0, 0.1) is 11.6 Å². The minimum Gasteiger partial charge on any atom is -0.378 e. The highest BCUT2D eigenvalue weighted by Gasteiger charge is 2.14. The normalized spacial score (nSPS) is 10.3. The summed E-state index contributed by atoms with van der Waals surface area (Å²) in [6, 6.07) is 10.5. The first kappa shape index (κ1) is 16.5. The van der Waals surface area contributed by atoms with E-state index < -0.39 is 23.2 Å². The summed E-state index contributed by atoms with van der Waals surface area (Å²) in [4.78, 5) is 20.4. The monoisotopic (exact) mass is 340 g/mol. The lowest BCUT2D eigenvalue weighted by molar-refractivity contribution is 0.102. The summed E-state index contributed by atoms with van der Waals surface area (Å²) in [6.45, 7) is 0.454. The summed E-state index contributed by atoms with van der Waals surface area (Å²) in [5, 5.41) is 5.32. The van der Waals surface area contributed by atoms with Gasteiger partial charge in [-0.3, -0.25) is 14.8 Å². The van der Waals surface area contributed by atoms with Crippen LogP contribution in [0.5, 0.6) is 0 Å². The maximum atomic E-state index is 13.6. The number of rotatable bonds is 5. The predicted octanol–water partition coefficient (Wildman–Crippen LogP) is 3.62. The second-order valence-corrected chi connectivity index (χ2v) is 5.19. The number of anilines is 2. The number of halogens is 2. The molecular weight excluding hydrogens is 326 g/mol. The molecular formula is C18H14F2N4O. The highest BCUT2D eigenvalue weighted by molar-refractivity contribution is 6.04. The molecule has 0 aliphatic heterocycles. The molecule has 0 aliphatic rings. The molecule has 0 bridgehead atoms. The van der Waals surface area contributed by atoms with Crippen molar-refractivity contribution in [1.29, 1.82) is 0 Å². The zero-order chi connectivity index (χ0) is 17.6. The number of hydrogen-bond acceptors (Lipinski definition) is 4. The Bertz CT molecular complexity index is 867. The molecule has 5 nitrogen and oxygen atoms in total. The van der Waals surface area contributed by atoms with Gasteiger partial charge in [0.05, 0.1) is 23.5 Å². The molecule has 0 atom stereocenters. The molecule has 7 heteroatoms. The predicted molar refractivity (Wildman–Crippen MR) is 90.1 cm³/mol. The fourth-order valence-corrected chi connectivity index (χ4v) is 2.16. The van der Waals surface area contributed by atoms with Gasteiger partial charge in [0.1, 0.15) is 17.3 Å². The van der Waals surface area contributed by atoms with Crippen LogP contribution in [0.2, 0.25) is 0 Å². The molecule has 25 heavy (non-hydrogen) atoms. The summed E-state index contributed by atoms with van der Waals surface area (Å²) < 4.78 is 27.2. The van der Waals surface area contributed by atoms with Crippen LogP contribution in [0.3, 0.4) is 0 Å². The lowest BCUT2D eigenvalue weighted by atomic mass is 10.2. The van der Waals surface area contributed by atoms with E-state index in [0.717, 1.165) is 17.8 Å². The van der Waals surface area contributed by atoms with Gasteiger partial charge in [-0.2, -0.15) is 0 Å². The lowest BCUT2D eigenvalue weighted by Gasteiger charge is -2.09. The van der Waals surface area contributed by atoms with E-state index in [-0.39, 0.29) is 5.56 Å². The molecule has 1 amide bonds. The van der Waals surface area contributed by atoms with E-state index in [1.165, 1.54) is 12.3 Å². The molecule has 3 rings (SSSR count). The number of carbonyl (C=O) groups excluding carboxylic acids is 1. The highest BCUT2D eigenvalue weighted by Crippen LogP contribution is 2.19. The largest absolute Gasteiger partial charge is 0.378 e. The Morgan fingerprint density at radius 1 is 1.04 bits per heavy atom. The summed E-state index contributed by atoms with van der Waals surface area (Å²) in [6.07, 6.45) is 4.55. The summed E-state index contributed by atoms with van der Waals surface area (Å²) in [5.41, 5.74) is 1.10. The molecule has 3 aromatic rings. The number of nitrogens with zero attached hydrogens (tertiary/aromatic N) is 2. The first-order valence-electron chi connectivity index (χ1n) is 7.47. The molecule has 0 saturated heterocycles. The van der Waals surface area contributed by atoms with E-state index in [1.54, 1.807) is 18.5 Å². The van der Waals surface area contributed by atoms with Crippen LogP contribution in [0.15, 0.2) is 61.1 Å². The molecule has 0 fully saturated rings. The fraction of sp³-hybridized carbons (Fsp3) is 0.0556. The number of hydrogen-bond donors (Lipinski definition) is 2. The van der Waals surface area contributed by atoms with Crippen molar-refractivity contribution in [3.63, 3.8) is 0 Å². The van der Waals surface area contributed by atoms with Gasteiger partial charge in [0.15, 0.2) is 0 Å². The smallest absolute Gasteiger partial charge is 0.257 e. The number of benzene rings is 1. The summed E-state index contributed by atoms with van der Waals surface area (Å²) in [5.74, 6) is -2.34. The van der Waals surface area contributed by atoms with Gasteiger partial charge in [-0.05, 0) is 30.3 Å². The number of aromatic nitrogens is 2. The average molecular weight is 340 g/mol. The Kier molecular flexibility index (Phi) is 4.94. The highest BCUT2D eigenvalue weighted by atomic mass is 19.1. The third kappa shape index (κ3) is 4.14. The lowest BCUT2D eigenvalue weighted by Crippen LogP contribution is -2.15. The Labute approximate surface area is 142 Å². The van der Waals surface area contributed by atoms with E-state index in [2.05, 4.69) is 20.6 Å². The van der Waals surface area contributed by atoms with Gasteiger partial charge in [-0.25, -0.2) is 8.78 Å². The van der Waals surface area contributed by atoms with Crippen LogP contribution in [-0.4, -0.2) is 15.9 Å². The molecule has 126 valence electrons. The minimum atomic E-state index is -0.842. The number of para-hydroxylation sites is 1. The van der Waals surface area contributed by atoms with Crippen molar-refractivity contribution in [2.75, 3.05) is 10.6 Å². The molecule has 0 unspecified atom stereocenters. The van der Waals surface area contributed by atoms with Crippen LogP contribution in [0.4, 0.5) is 20.2 Å². The van der Waals surface area contributed by atoms with Gasteiger partial charge in [0.25, 0.3) is 5.91 Å². The van der Waals surface area contributed by atoms with Gasteiger partial charge < -0.3 is 10.6 Å². The van der Waals surface area contributed by atoms with Gasteiger partial charge >= 0.3 is 0 Å². The van der Waals surface area contributed by atoms with Crippen LogP contribution >= 0.6 is 0 Å². The van der Waals surface area contributed by atoms with E-state index >= 15 is 0 Å². The Morgan fingerprint density at radius 2 is 1.84 bits per heavy atom. The maximum Gasteiger partial charge on any atom is 0.257 e. The molecule has 2 aromatic heterocycles. The molecule has 0 aliphatic carbocycles. The topological polar surface area (TPSA) is 66.9 Å². The van der Waals surface area contributed by atoms with Crippen LogP contribution in [0.1, 0.15) is 16.1 Å². The third-order valence-electron chi connectivity index (χ3n) is 3.40. The molecule has 0 spiro atoms. The molecule has 0 radical (unpaired) electrons. The van der Waals surface area contributed by atoms with Crippen LogP contribution in [-0.2, 0) is 6.54 Å². The third-order valence-corrected chi connectivity index (χ3v) is 3.40. The van der Waals surface area contributed by atoms with E-state index in [1.807, 2.05) is 18.2 Å². The SMILES string of the molecule is O=C(Nc1c(F)cccc1F)c1cncc(NCc2ccccn2)c1. The van der Waals surface area contributed by atoms with Crippen molar-refractivity contribution in [2.45, 2.75) is 6.54 Å². The molecule has 2 heterocycles. The maximum absolute atomic E-state index is 13.6. The molecule has 2 N–H and O–H groups in total. The number of carbonyl (C=O) groups is 1. The summed E-state index contributed by atoms with van der Waals surface area (Å²) >= 11 is 0. The number of nitrogens with one attached hydrogen (secondary N) is 2. The minimum absolute atomic E-state index is 0.175. The zero-order valence-corrected chi connectivity index (χ0v) is 13.0. The van der Waals surface area contributed by atoms with Crippen molar-refractivity contribution in [2.24, 2.45) is 0 Å². The van der Waals surface area contributed by atoms with Gasteiger partial charge in [0, 0.05) is 18.6 Å². The summed E-state index contributed by atoms with van der Waals surface area (Å²) in [7, 11) is 0. The zero-order valence-electron chi connectivity index (χ0n) is 13.0. The average Bonchev–Trinajstić information content (AvgIpc) is 2.64. The van der Waals surface area contributed by atoms with Crippen molar-refractivity contribution in [3.05, 3.63) is 83.9 Å². The number of pyridine rings is 2. The van der Waals surface area contributed by atoms with Crippen molar-refractivity contribution < 1.29 is 13.6 Å². The van der Waals surface area contributed by atoms with Gasteiger partial charge in [0.2, 0.25) is 0 Å². The van der Waals surface area contributed by atoms with E-state index in [0.29, 0.717) is 12.2 Å². The second-order valence-electron chi connectivity index (χ2n) is 5.19. The van der Waals surface area contributed by atoms with Gasteiger partial charge in [-0.1, -0.05) is 12.1 Å². The van der Waals surface area contributed by atoms with Crippen molar-refractivity contribution in [3.8, 4) is 0 Å². The Balaban J connectivity index is 1.71. The van der Waals surface area contributed by atoms with Crippen molar-refractivity contribution >= 4 is 17.3 Å². The number of amides is 1. The van der Waals surface area contributed by atoms with Crippen LogP contribution in [0.25, 0.3) is 0 Å². The van der Waals surface area contributed by atoms with Crippen LogP contribution < -0.4 is 10.6 Å². The first-order valence-corrected chi connectivity index (χ1v) is 7.47. The Morgan fingerprint density at radius 3 is 2.56 bits per heavy atom. The second kappa shape index (κ2) is 7.48. The van der Waals surface area contributed by atoms with Gasteiger partial charge in [-0.15, -0.1) is 0 Å². The van der Waals surface area contributed by atoms with Crippen molar-refractivity contribution in [1.82, 2.24) is 9.97 Å². The van der Waals surface area contributed by atoms with E-state index in [9.17, 15) is 13.6 Å². The standard InChI is InChI=1S/C18H14F2N4O/c19-15-5-3-6-16(20)17(15)24-18(25)12-8-14(10-21-9-12)23-11-13-4-1-2-7-22-13/h1-10,23H,11H2,(H,24,25). The quantitative estimate of drug-likeness (QED) is 0.744. The molecule has 1 aromatic carbocycles. The van der Waals surface area contributed by atoms with E-state index in [4.69, 9.17) is 0 Å². The Hall–Kier alpha value is -3.35. The fourth-order valence-electron chi connectivity index (χ4n) is 2.16.